The molecule has 3 nitrogen and oxygen atoms in total. The van der Waals surface area contributed by atoms with E-state index in [4.69, 9.17) is 4.74 Å². The van der Waals surface area contributed by atoms with Crippen LogP contribution >= 0.6 is 0 Å². The molecule has 1 aliphatic rings. The maximum Gasteiger partial charge on any atom is 0.105 e. The predicted octanol–water partition coefficient (Wildman–Crippen LogP) is 3.57. The molecule has 0 fully saturated rings. The Bertz CT molecular complexity index is 515. The van der Waals surface area contributed by atoms with Crippen molar-refractivity contribution in [2.75, 3.05) is 13.2 Å². The first kappa shape index (κ1) is 14.8. The molecule has 0 aromatic carbocycles. The summed E-state index contributed by atoms with van der Waals surface area (Å²) in [6.07, 6.45) is 7.35. The molecule has 2 rings (SSSR count). The maximum absolute atomic E-state index is 9.32. The van der Waals surface area contributed by atoms with Gasteiger partial charge in [0.2, 0.25) is 0 Å². The average molecular weight is 273 g/mol. The van der Waals surface area contributed by atoms with E-state index >= 15 is 0 Å². The molecule has 0 aliphatic heterocycles. The van der Waals surface area contributed by atoms with Crippen LogP contribution in [-0.4, -0.2) is 23.3 Å². The van der Waals surface area contributed by atoms with E-state index < -0.39 is 0 Å². The van der Waals surface area contributed by atoms with Gasteiger partial charge in [-0.25, -0.2) is 0 Å². The van der Waals surface area contributed by atoms with Crippen LogP contribution in [0.15, 0.2) is 41.9 Å². The van der Waals surface area contributed by atoms with E-state index in [0.29, 0.717) is 6.61 Å². The Morgan fingerprint density at radius 2 is 2.00 bits per heavy atom. The van der Waals surface area contributed by atoms with Crippen molar-refractivity contribution in [1.82, 2.24) is 4.98 Å². The number of ether oxygens (including phenoxy) is 1. The van der Waals surface area contributed by atoms with Gasteiger partial charge < -0.3 is 9.84 Å². The van der Waals surface area contributed by atoms with Crippen molar-refractivity contribution in [3.8, 4) is 0 Å². The lowest BCUT2D eigenvalue weighted by Gasteiger charge is -2.35. The van der Waals surface area contributed by atoms with Crippen LogP contribution in [0.1, 0.15) is 39.2 Å². The number of allylic oxidation sites excluding steroid dienone is 3. The van der Waals surface area contributed by atoms with Crippen LogP contribution in [0.3, 0.4) is 0 Å². The SMILES string of the molecule is CCOC1=C(c2ccncc2)/C(=C/CO)CC(C)(C)C1. The van der Waals surface area contributed by atoms with Crippen molar-refractivity contribution in [3.63, 3.8) is 0 Å². The van der Waals surface area contributed by atoms with E-state index in [9.17, 15) is 5.11 Å². The molecule has 0 spiro atoms. The Kier molecular flexibility index (Phi) is 4.61. The minimum absolute atomic E-state index is 0.0550. The van der Waals surface area contributed by atoms with Crippen LogP contribution in [0.5, 0.6) is 0 Å². The van der Waals surface area contributed by atoms with Crippen LogP contribution in [0.2, 0.25) is 0 Å². The van der Waals surface area contributed by atoms with E-state index in [0.717, 1.165) is 29.7 Å². The molecule has 1 N–H and O–H groups in total. The minimum atomic E-state index is 0.0550. The van der Waals surface area contributed by atoms with Gasteiger partial charge in [0.1, 0.15) is 5.76 Å². The van der Waals surface area contributed by atoms with Gasteiger partial charge in [-0.3, -0.25) is 4.98 Å². The van der Waals surface area contributed by atoms with E-state index in [-0.39, 0.29) is 12.0 Å². The normalized spacial score (nSPS) is 20.3. The topological polar surface area (TPSA) is 42.4 Å². The van der Waals surface area contributed by atoms with E-state index in [1.807, 2.05) is 25.1 Å². The van der Waals surface area contributed by atoms with Crippen molar-refractivity contribution in [2.45, 2.75) is 33.6 Å². The number of nitrogens with zero attached hydrogens (tertiary/aromatic N) is 1. The third-order valence-electron chi connectivity index (χ3n) is 3.53. The highest BCUT2D eigenvalue weighted by Crippen LogP contribution is 2.45. The summed E-state index contributed by atoms with van der Waals surface area (Å²) >= 11 is 0. The molecule has 0 saturated carbocycles. The lowest BCUT2D eigenvalue weighted by Crippen LogP contribution is -2.21. The highest BCUT2D eigenvalue weighted by atomic mass is 16.5. The van der Waals surface area contributed by atoms with Crippen molar-refractivity contribution in [1.29, 1.82) is 0 Å². The molecule has 20 heavy (non-hydrogen) atoms. The Morgan fingerprint density at radius 1 is 1.30 bits per heavy atom. The highest BCUT2D eigenvalue weighted by Gasteiger charge is 2.31. The zero-order valence-electron chi connectivity index (χ0n) is 12.5. The Hall–Kier alpha value is -1.61. The lowest BCUT2D eigenvalue weighted by molar-refractivity contribution is 0.181. The second kappa shape index (κ2) is 6.23. The summed E-state index contributed by atoms with van der Waals surface area (Å²) < 4.78 is 5.90. The van der Waals surface area contributed by atoms with Crippen molar-refractivity contribution < 1.29 is 9.84 Å². The fraction of sp³-hybridized carbons (Fsp3) is 0.471. The van der Waals surface area contributed by atoms with E-state index in [1.165, 1.54) is 5.57 Å². The van der Waals surface area contributed by atoms with Crippen LogP contribution in [0.25, 0.3) is 5.57 Å². The largest absolute Gasteiger partial charge is 0.498 e. The summed E-state index contributed by atoms with van der Waals surface area (Å²) in [4.78, 5) is 4.08. The van der Waals surface area contributed by atoms with Gasteiger partial charge in [0.25, 0.3) is 0 Å². The fourth-order valence-electron chi connectivity index (χ4n) is 2.82. The average Bonchev–Trinajstić information content (AvgIpc) is 2.39. The summed E-state index contributed by atoms with van der Waals surface area (Å²) in [6.45, 7) is 7.20. The second-order valence-electron chi connectivity index (χ2n) is 5.90. The Morgan fingerprint density at radius 3 is 2.60 bits per heavy atom. The standard InChI is InChI=1S/C17H23NO2/c1-4-20-15-12-17(2,3)11-14(7-10-19)16(15)13-5-8-18-9-6-13/h5-9,19H,4,10-12H2,1-3H3/b14-7+. The molecule has 0 saturated heterocycles. The number of aliphatic hydroxyl groups is 1. The summed E-state index contributed by atoms with van der Waals surface area (Å²) in [6, 6.07) is 4.00. The van der Waals surface area contributed by atoms with Gasteiger partial charge in [0, 0.05) is 24.4 Å². The molecule has 0 atom stereocenters. The maximum atomic E-state index is 9.32. The van der Waals surface area contributed by atoms with Gasteiger partial charge >= 0.3 is 0 Å². The molecular formula is C17H23NO2. The summed E-state index contributed by atoms with van der Waals surface area (Å²) in [5.41, 5.74) is 3.56. The van der Waals surface area contributed by atoms with Gasteiger partial charge in [0.15, 0.2) is 0 Å². The molecule has 0 amide bonds. The number of rotatable bonds is 4. The molecule has 0 radical (unpaired) electrons. The number of aromatic nitrogens is 1. The first-order valence-electron chi connectivity index (χ1n) is 7.14. The van der Waals surface area contributed by atoms with Crippen LogP contribution in [0, 0.1) is 5.41 Å². The molecule has 3 heteroatoms. The molecule has 0 unspecified atom stereocenters. The van der Waals surface area contributed by atoms with E-state index in [1.54, 1.807) is 12.4 Å². The smallest absolute Gasteiger partial charge is 0.105 e. The van der Waals surface area contributed by atoms with Gasteiger partial charge in [0.05, 0.1) is 13.2 Å². The molecule has 108 valence electrons. The highest BCUT2D eigenvalue weighted by molar-refractivity contribution is 5.81. The van der Waals surface area contributed by atoms with Gasteiger partial charge in [-0.15, -0.1) is 0 Å². The summed E-state index contributed by atoms with van der Waals surface area (Å²) in [7, 11) is 0. The third-order valence-corrected chi connectivity index (χ3v) is 3.53. The monoisotopic (exact) mass is 273 g/mol. The molecule has 1 heterocycles. The zero-order chi connectivity index (χ0) is 14.6. The quantitative estimate of drug-likeness (QED) is 0.912. The van der Waals surface area contributed by atoms with E-state index in [2.05, 4.69) is 18.8 Å². The third kappa shape index (κ3) is 3.28. The first-order chi connectivity index (χ1) is 9.57. The Balaban J connectivity index is 2.55. The molecule has 1 aromatic heterocycles. The van der Waals surface area contributed by atoms with Crippen LogP contribution in [0.4, 0.5) is 0 Å². The number of hydrogen-bond donors (Lipinski definition) is 1. The Labute approximate surface area is 121 Å². The second-order valence-corrected chi connectivity index (χ2v) is 5.90. The van der Waals surface area contributed by atoms with Gasteiger partial charge in [-0.05, 0) is 42.0 Å². The number of pyridine rings is 1. The molecule has 1 aromatic rings. The van der Waals surface area contributed by atoms with Crippen molar-refractivity contribution in [3.05, 3.63) is 47.5 Å². The molecule has 0 bridgehead atoms. The van der Waals surface area contributed by atoms with Gasteiger partial charge in [-0.1, -0.05) is 19.9 Å². The molecule has 1 aliphatic carbocycles. The van der Waals surface area contributed by atoms with Crippen LogP contribution in [-0.2, 0) is 4.74 Å². The van der Waals surface area contributed by atoms with Crippen molar-refractivity contribution >= 4 is 5.57 Å². The molecular weight excluding hydrogens is 250 g/mol. The number of hydrogen-bond acceptors (Lipinski definition) is 3. The number of aliphatic hydroxyl groups excluding tert-OH is 1. The zero-order valence-corrected chi connectivity index (χ0v) is 12.5. The van der Waals surface area contributed by atoms with Crippen molar-refractivity contribution in [2.24, 2.45) is 5.41 Å². The first-order valence-corrected chi connectivity index (χ1v) is 7.14. The van der Waals surface area contributed by atoms with Crippen LogP contribution < -0.4 is 0 Å². The van der Waals surface area contributed by atoms with Gasteiger partial charge in [-0.2, -0.15) is 0 Å². The fourth-order valence-corrected chi connectivity index (χ4v) is 2.82. The summed E-state index contributed by atoms with van der Waals surface area (Å²) in [5.74, 6) is 1.02. The lowest BCUT2D eigenvalue weighted by atomic mass is 9.73. The summed E-state index contributed by atoms with van der Waals surface area (Å²) in [5, 5.41) is 9.32. The predicted molar refractivity (Wildman–Crippen MR) is 81.0 cm³/mol. The minimum Gasteiger partial charge on any atom is -0.498 e.